The molecule has 1 amide bonds. The minimum atomic E-state index is -0.536. The molecule has 110 valence electrons. The summed E-state index contributed by atoms with van der Waals surface area (Å²) in [6.45, 7) is 0.281. The Morgan fingerprint density at radius 1 is 1.18 bits per heavy atom. The highest BCUT2D eigenvalue weighted by molar-refractivity contribution is 5.94. The van der Waals surface area contributed by atoms with Crippen LogP contribution in [0, 0.1) is 5.82 Å². The van der Waals surface area contributed by atoms with E-state index in [0.717, 1.165) is 5.56 Å². The number of nitrogens with zero attached hydrogens (tertiary/aromatic N) is 1. The number of pyridine rings is 1. The highest BCUT2D eigenvalue weighted by Gasteiger charge is 2.10. The Balaban J connectivity index is 1.71. The average Bonchev–Trinajstić information content (AvgIpc) is 3.08. The second kappa shape index (κ2) is 6.22. The fourth-order valence-corrected chi connectivity index (χ4v) is 2.07. The normalized spacial score (nSPS) is 10.4. The largest absolute Gasteiger partial charge is 0.463 e. The van der Waals surface area contributed by atoms with Crippen molar-refractivity contribution in [3.05, 3.63) is 77.9 Å². The van der Waals surface area contributed by atoms with Gasteiger partial charge in [0.2, 0.25) is 0 Å². The van der Waals surface area contributed by atoms with Crippen LogP contribution < -0.4 is 5.32 Å². The van der Waals surface area contributed by atoms with Gasteiger partial charge in [-0.05, 0) is 42.0 Å². The number of rotatable bonds is 4. The summed E-state index contributed by atoms with van der Waals surface area (Å²) in [7, 11) is 0. The molecule has 5 heteroatoms. The zero-order valence-electron chi connectivity index (χ0n) is 11.6. The van der Waals surface area contributed by atoms with Crippen molar-refractivity contribution >= 4 is 5.91 Å². The molecule has 4 nitrogen and oxygen atoms in total. The van der Waals surface area contributed by atoms with Crippen molar-refractivity contribution in [3.8, 4) is 11.5 Å². The van der Waals surface area contributed by atoms with Gasteiger partial charge in [0.05, 0.1) is 11.8 Å². The first-order chi connectivity index (χ1) is 10.7. The first-order valence-electron chi connectivity index (χ1n) is 6.75. The Labute approximate surface area is 126 Å². The molecule has 0 spiro atoms. The molecule has 0 radical (unpaired) electrons. The molecule has 0 saturated carbocycles. The zero-order valence-corrected chi connectivity index (χ0v) is 11.6. The molecular formula is C17H13FN2O2. The average molecular weight is 296 g/mol. The molecule has 2 aromatic heterocycles. The van der Waals surface area contributed by atoms with Crippen molar-refractivity contribution in [2.75, 3.05) is 0 Å². The van der Waals surface area contributed by atoms with E-state index < -0.39 is 11.7 Å². The molecule has 0 atom stereocenters. The molecule has 2 heterocycles. The van der Waals surface area contributed by atoms with Crippen molar-refractivity contribution in [2.24, 2.45) is 0 Å². The molecule has 0 fully saturated rings. The van der Waals surface area contributed by atoms with Gasteiger partial charge in [0.25, 0.3) is 5.91 Å². The van der Waals surface area contributed by atoms with Crippen LogP contribution in [0.15, 0.2) is 65.4 Å². The zero-order chi connectivity index (χ0) is 15.4. The van der Waals surface area contributed by atoms with Crippen LogP contribution in [0.3, 0.4) is 0 Å². The lowest BCUT2D eigenvalue weighted by Crippen LogP contribution is -2.23. The summed E-state index contributed by atoms with van der Waals surface area (Å²) in [5, 5.41) is 2.69. The van der Waals surface area contributed by atoms with Gasteiger partial charge in [0.15, 0.2) is 5.76 Å². The van der Waals surface area contributed by atoms with E-state index >= 15 is 0 Å². The van der Waals surface area contributed by atoms with Crippen molar-refractivity contribution in [1.29, 1.82) is 0 Å². The number of hydrogen-bond acceptors (Lipinski definition) is 3. The lowest BCUT2D eigenvalue weighted by Gasteiger charge is -2.07. The minimum Gasteiger partial charge on any atom is -0.463 e. The molecule has 0 aliphatic heterocycles. The van der Waals surface area contributed by atoms with Crippen LogP contribution in [0.2, 0.25) is 0 Å². The number of carbonyl (C=O) groups is 1. The van der Waals surface area contributed by atoms with Crippen LogP contribution in [-0.4, -0.2) is 10.9 Å². The van der Waals surface area contributed by atoms with Gasteiger partial charge in [-0.3, -0.25) is 9.78 Å². The Morgan fingerprint density at radius 3 is 2.82 bits per heavy atom. The third-order valence-corrected chi connectivity index (χ3v) is 3.17. The van der Waals surface area contributed by atoms with Gasteiger partial charge in [-0.25, -0.2) is 4.39 Å². The monoisotopic (exact) mass is 296 g/mol. The maximum absolute atomic E-state index is 13.5. The first-order valence-corrected chi connectivity index (χ1v) is 6.75. The Hall–Kier alpha value is -2.95. The number of nitrogens with one attached hydrogen (secondary N) is 1. The maximum Gasteiger partial charge on any atom is 0.254 e. The predicted molar refractivity (Wildman–Crippen MR) is 79.5 cm³/mol. The van der Waals surface area contributed by atoms with Crippen molar-refractivity contribution in [2.45, 2.75) is 6.54 Å². The van der Waals surface area contributed by atoms with Crippen LogP contribution in [0.5, 0.6) is 0 Å². The van der Waals surface area contributed by atoms with E-state index in [9.17, 15) is 9.18 Å². The van der Waals surface area contributed by atoms with Gasteiger partial charge in [0, 0.05) is 12.7 Å². The third-order valence-electron chi connectivity index (χ3n) is 3.17. The van der Waals surface area contributed by atoms with E-state index in [1.54, 1.807) is 36.7 Å². The molecule has 22 heavy (non-hydrogen) atoms. The molecule has 1 N–H and O–H groups in total. The Kier molecular flexibility index (Phi) is 3.96. The van der Waals surface area contributed by atoms with Gasteiger partial charge in [0.1, 0.15) is 11.5 Å². The van der Waals surface area contributed by atoms with Crippen LogP contribution in [0.25, 0.3) is 11.5 Å². The summed E-state index contributed by atoms with van der Waals surface area (Å²) in [5.41, 5.74) is 1.57. The third kappa shape index (κ3) is 3.03. The standard InChI is InChI=1S/C17H13FN2O2/c18-14-5-2-1-4-13(14)17(21)20-11-12-7-8-19-15(10-12)16-6-3-9-22-16/h1-10H,11H2,(H,20,21). The van der Waals surface area contributed by atoms with E-state index in [1.165, 1.54) is 12.1 Å². The number of halogens is 1. The van der Waals surface area contributed by atoms with E-state index in [-0.39, 0.29) is 12.1 Å². The SMILES string of the molecule is O=C(NCc1ccnc(-c2ccco2)c1)c1ccccc1F. The van der Waals surface area contributed by atoms with Crippen LogP contribution >= 0.6 is 0 Å². The lowest BCUT2D eigenvalue weighted by atomic mass is 10.1. The molecular weight excluding hydrogens is 283 g/mol. The van der Waals surface area contributed by atoms with Crippen LogP contribution in [0.1, 0.15) is 15.9 Å². The number of carbonyl (C=O) groups excluding carboxylic acids is 1. The predicted octanol–water partition coefficient (Wildman–Crippen LogP) is 3.41. The smallest absolute Gasteiger partial charge is 0.254 e. The molecule has 0 aliphatic carbocycles. The molecule has 0 unspecified atom stereocenters. The maximum atomic E-state index is 13.5. The summed E-state index contributed by atoms with van der Waals surface area (Å²) >= 11 is 0. The molecule has 3 aromatic rings. The number of hydrogen-bond donors (Lipinski definition) is 1. The summed E-state index contributed by atoms with van der Waals surface area (Å²) in [4.78, 5) is 16.2. The van der Waals surface area contributed by atoms with Gasteiger partial charge >= 0.3 is 0 Å². The quantitative estimate of drug-likeness (QED) is 0.802. The van der Waals surface area contributed by atoms with Crippen LogP contribution in [-0.2, 0) is 6.54 Å². The Morgan fingerprint density at radius 2 is 2.05 bits per heavy atom. The second-order valence-electron chi connectivity index (χ2n) is 4.69. The summed E-state index contributed by atoms with van der Waals surface area (Å²) in [6, 6.07) is 13.1. The van der Waals surface area contributed by atoms with E-state index in [1.807, 2.05) is 12.1 Å². The molecule has 0 bridgehead atoms. The lowest BCUT2D eigenvalue weighted by molar-refractivity contribution is 0.0947. The Bertz CT molecular complexity index is 785. The topological polar surface area (TPSA) is 55.1 Å². The highest BCUT2D eigenvalue weighted by atomic mass is 19.1. The minimum absolute atomic E-state index is 0.0304. The number of aromatic nitrogens is 1. The van der Waals surface area contributed by atoms with Crippen molar-refractivity contribution in [3.63, 3.8) is 0 Å². The van der Waals surface area contributed by atoms with Gasteiger partial charge < -0.3 is 9.73 Å². The van der Waals surface area contributed by atoms with Crippen LogP contribution in [0.4, 0.5) is 4.39 Å². The van der Waals surface area contributed by atoms with Crippen molar-refractivity contribution in [1.82, 2.24) is 10.3 Å². The summed E-state index contributed by atoms with van der Waals surface area (Å²) < 4.78 is 18.8. The molecule has 0 saturated heterocycles. The van der Waals surface area contributed by atoms with Crippen molar-refractivity contribution < 1.29 is 13.6 Å². The summed E-state index contributed by atoms with van der Waals surface area (Å²) in [6.07, 6.45) is 3.21. The van der Waals surface area contributed by atoms with Gasteiger partial charge in [-0.2, -0.15) is 0 Å². The van der Waals surface area contributed by atoms with E-state index in [4.69, 9.17) is 4.42 Å². The van der Waals surface area contributed by atoms with Gasteiger partial charge in [-0.1, -0.05) is 12.1 Å². The van der Waals surface area contributed by atoms with Gasteiger partial charge in [-0.15, -0.1) is 0 Å². The highest BCUT2D eigenvalue weighted by Crippen LogP contribution is 2.18. The molecule has 3 rings (SSSR count). The summed E-state index contributed by atoms with van der Waals surface area (Å²) in [5.74, 6) is -0.331. The molecule has 1 aromatic carbocycles. The van der Waals surface area contributed by atoms with E-state index in [2.05, 4.69) is 10.3 Å². The number of amides is 1. The second-order valence-corrected chi connectivity index (χ2v) is 4.69. The number of furan rings is 1. The number of benzene rings is 1. The first kappa shape index (κ1) is 14.0. The fourth-order valence-electron chi connectivity index (χ4n) is 2.07. The van der Waals surface area contributed by atoms with E-state index in [0.29, 0.717) is 11.5 Å². The fraction of sp³-hybridized carbons (Fsp3) is 0.0588. The molecule has 0 aliphatic rings.